The van der Waals surface area contributed by atoms with E-state index in [1.807, 2.05) is 0 Å². The number of likely N-dealkylation sites (tertiary alicyclic amines) is 1. The van der Waals surface area contributed by atoms with E-state index in [-0.39, 0.29) is 11.3 Å². The fourth-order valence-electron chi connectivity index (χ4n) is 3.14. The molecular weight excluding hydrogens is 362 g/mol. The normalized spacial score (nSPS) is 20.1. The van der Waals surface area contributed by atoms with E-state index < -0.39 is 5.82 Å². The summed E-state index contributed by atoms with van der Waals surface area (Å²) in [7, 11) is 0. The summed E-state index contributed by atoms with van der Waals surface area (Å²) in [4.78, 5) is 14.8. The summed E-state index contributed by atoms with van der Waals surface area (Å²) in [5.41, 5.74) is 7.36. The van der Waals surface area contributed by atoms with Gasteiger partial charge < -0.3 is 10.6 Å². The second kappa shape index (κ2) is 6.94. The Hall–Kier alpha value is -1.62. The summed E-state index contributed by atoms with van der Waals surface area (Å²) in [6.45, 7) is 3.84. The minimum absolute atomic E-state index is 0.0700. The molecule has 2 aromatic carbocycles. The first-order chi connectivity index (χ1) is 11.8. The monoisotopic (exact) mass is 380 g/mol. The molecule has 1 amide bonds. The van der Waals surface area contributed by atoms with Crippen molar-refractivity contribution in [2.75, 3.05) is 19.6 Å². The van der Waals surface area contributed by atoms with Crippen molar-refractivity contribution >= 4 is 29.1 Å². The summed E-state index contributed by atoms with van der Waals surface area (Å²) in [6.07, 6.45) is 0.860. The summed E-state index contributed by atoms with van der Waals surface area (Å²) in [5, 5.41) is 0.770. The molecule has 0 radical (unpaired) electrons. The van der Waals surface area contributed by atoms with E-state index in [0.29, 0.717) is 46.4 Å². The third-order valence-electron chi connectivity index (χ3n) is 4.78. The van der Waals surface area contributed by atoms with E-state index in [0.717, 1.165) is 6.42 Å². The Balaban J connectivity index is 2.00. The number of carbonyl (C=O) groups excluding carboxylic acids is 1. The van der Waals surface area contributed by atoms with Crippen molar-refractivity contribution in [3.8, 4) is 11.1 Å². The van der Waals surface area contributed by atoms with Crippen molar-refractivity contribution in [2.24, 2.45) is 11.1 Å². The third kappa shape index (κ3) is 3.66. The molecule has 1 unspecified atom stereocenters. The van der Waals surface area contributed by atoms with Crippen molar-refractivity contribution in [3.63, 3.8) is 0 Å². The largest absolute Gasteiger partial charge is 0.338 e. The van der Waals surface area contributed by atoms with Crippen LogP contribution in [0.3, 0.4) is 0 Å². The number of hydrogen-bond donors (Lipinski definition) is 1. The van der Waals surface area contributed by atoms with Crippen LogP contribution >= 0.6 is 23.2 Å². The number of nitrogens with zero attached hydrogens (tertiary/aromatic N) is 1. The Morgan fingerprint density at radius 3 is 2.64 bits per heavy atom. The Kier molecular flexibility index (Phi) is 5.05. The molecule has 25 heavy (non-hydrogen) atoms. The fourth-order valence-corrected chi connectivity index (χ4v) is 3.44. The lowest BCUT2D eigenvalue weighted by atomic mass is 9.90. The molecule has 1 aliphatic rings. The topological polar surface area (TPSA) is 46.3 Å². The molecule has 0 aromatic heterocycles. The molecule has 1 heterocycles. The van der Waals surface area contributed by atoms with Crippen LogP contribution in [0, 0.1) is 11.2 Å². The van der Waals surface area contributed by atoms with Gasteiger partial charge in [-0.2, -0.15) is 0 Å². The molecule has 2 aromatic rings. The number of hydrogen-bond acceptors (Lipinski definition) is 2. The van der Waals surface area contributed by atoms with Crippen LogP contribution in [0.15, 0.2) is 36.4 Å². The summed E-state index contributed by atoms with van der Waals surface area (Å²) >= 11 is 12.0. The van der Waals surface area contributed by atoms with Gasteiger partial charge in [-0.15, -0.1) is 0 Å². The molecule has 1 fully saturated rings. The smallest absolute Gasteiger partial charge is 0.254 e. The molecule has 1 atom stereocenters. The van der Waals surface area contributed by atoms with Crippen LogP contribution in [0.2, 0.25) is 10.0 Å². The van der Waals surface area contributed by atoms with Crippen LogP contribution in [0.25, 0.3) is 11.1 Å². The van der Waals surface area contributed by atoms with Crippen molar-refractivity contribution in [1.29, 1.82) is 0 Å². The van der Waals surface area contributed by atoms with Gasteiger partial charge >= 0.3 is 0 Å². The van der Waals surface area contributed by atoms with Gasteiger partial charge in [0.25, 0.3) is 5.91 Å². The highest BCUT2D eigenvalue weighted by atomic mass is 35.5. The third-order valence-corrected chi connectivity index (χ3v) is 5.52. The molecule has 0 aliphatic carbocycles. The molecular formula is C19H19Cl2FN2O. The molecule has 0 bridgehead atoms. The second-order valence-corrected chi connectivity index (χ2v) is 7.62. The lowest BCUT2D eigenvalue weighted by Gasteiger charge is -2.23. The van der Waals surface area contributed by atoms with Crippen LogP contribution < -0.4 is 5.73 Å². The standard InChI is InChI=1S/C19H19Cl2FN2O/c1-19(10-23)6-7-24(11-19)18(25)14-4-3-13(22)9-15(14)12-2-5-16(20)17(21)8-12/h2-5,8-9H,6-7,10-11,23H2,1H3. The maximum absolute atomic E-state index is 13.8. The first-order valence-electron chi connectivity index (χ1n) is 8.07. The number of benzene rings is 2. The summed E-state index contributed by atoms with van der Waals surface area (Å²) in [6, 6.07) is 9.18. The zero-order valence-corrected chi connectivity index (χ0v) is 15.4. The van der Waals surface area contributed by atoms with E-state index in [1.165, 1.54) is 18.2 Å². The van der Waals surface area contributed by atoms with Gasteiger partial charge in [-0.3, -0.25) is 4.79 Å². The highest BCUT2D eigenvalue weighted by Gasteiger charge is 2.35. The number of nitrogens with two attached hydrogens (primary N) is 1. The van der Waals surface area contributed by atoms with Crippen LogP contribution in [-0.4, -0.2) is 30.4 Å². The maximum atomic E-state index is 13.8. The van der Waals surface area contributed by atoms with Gasteiger partial charge in [-0.25, -0.2) is 4.39 Å². The Morgan fingerprint density at radius 1 is 1.24 bits per heavy atom. The molecule has 1 aliphatic heterocycles. The lowest BCUT2D eigenvalue weighted by Crippen LogP contribution is -2.34. The highest BCUT2D eigenvalue weighted by Crippen LogP contribution is 2.34. The Morgan fingerprint density at radius 2 is 2.00 bits per heavy atom. The predicted molar refractivity (Wildman–Crippen MR) is 99.5 cm³/mol. The van der Waals surface area contributed by atoms with Crippen molar-refractivity contribution < 1.29 is 9.18 Å². The number of amides is 1. The second-order valence-electron chi connectivity index (χ2n) is 6.81. The van der Waals surface area contributed by atoms with Gasteiger partial charge in [0, 0.05) is 18.7 Å². The van der Waals surface area contributed by atoms with Crippen LogP contribution in [0.4, 0.5) is 4.39 Å². The molecule has 1 saturated heterocycles. The van der Waals surface area contributed by atoms with Crippen molar-refractivity contribution in [3.05, 3.63) is 57.8 Å². The zero-order chi connectivity index (χ0) is 18.2. The summed E-state index contributed by atoms with van der Waals surface area (Å²) < 4.78 is 13.8. The van der Waals surface area contributed by atoms with Gasteiger partial charge in [0.05, 0.1) is 10.0 Å². The van der Waals surface area contributed by atoms with Gasteiger partial charge in [-0.05, 0) is 59.8 Å². The zero-order valence-electron chi connectivity index (χ0n) is 13.9. The molecule has 6 heteroatoms. The van der Waals surface area contributed by atoms with E-state index in [1.54, 1.807) is 23.1 Å². The number of halogens is 3. The SMILES string of the molecule is CC1(CN)CCN(C(=O)c2ccc(F)cc2-c2ccc(Cl)c(Cl)c2)C1. The Bertz CT molecular complexity index is 827. The van der Waals surface area contributed by atoms with Gasteiger partial charge in [0.15, 0.2) is 0 Å². The maximum Gasteiger partial charge on any atom is 0.254 e. The average molecular weight is 381 g/mol. The minimum Gasteiger partial charge on any atom is -0.338 e. The van der Waals surface area contributed by atoms with Crippen LogP contribution in [-0.2, 0) is 0 Å². The first kappa shape index (κ1) is 18.2. The van der Waals surface area contributed by atoms with Crippen molar-refractivity contribution in [1.82, 2.24) is 4.90 Å². The molecule has 0 spiro atoms. The van der Waals surface area contributed by atoms with E-state index in [9.17, 15) is 9.18 Å². The van der Waals surface area contributed by atoms with Gasteiger partial charge in [0.2, 0.25) is 0 Å². The number of carbonyl (C=O) groups is 1. The predicted octanol–water partition coefficient (Wildman–Crippen LogP) is 4.61. The van der Waals surface area contributed by atoms with E-state index >= 15 is 0 Å². The van der Waals surface area contributed by atoms with Crippen LogP contribution in [0.1, 0.15) is 23.7 Å². The lowest BCUT2D eigenvalue weighted by molar-refractivity contribution is 0.0777. The first-order valence-corrected chi connectivity index (χ1v) is 8.83. The molecule has 2 N–H and O–H groups in total. The molecule has 132 valence electrons. The van der Waals surface area contributed by atoms with Crippen molar-refractivity contribution in [2.45, 2.75) is 13.3 Å². The van der Waals surface area contributed by atoms with Gasteiger partial charge in [0.1, 0.15) is 5.82 Å². The summed E-state index contributed by atoms with van der Waals surface area (Å²) in [5.74, 6) is -0.538. The molecule has 3 rings (SSSR count). The molecule has 3 nitrogen and oxygen atoms in total. The molecule has 0 saturated carbocycles. The quantitative estimate of drug-likeness (QED) is 0.844. The average Bonchev–Trinajstić information content (AvgIpc) is 3.00. The fraction of sp³-hybridized carbons (Fsp3) is 0.316. The Labute approximate surface area is 156 Å². The van der Waals surface area contributed by atoms with Gasteiger partial charge in [-0.1, -0.05) is 36.2 Å². The van der Waals surface area contributed by atoms with Crippen LogP contribution in [0.5, 0.6) is 0 Å². The minimum atomic E-state index is -0.411. The van der Waals surface area contributed by atoms with E-state index in [4.69, 9.17) is 28.9 Å². The van der Waals surface area contributed by atoms with E-state index in [2.05, 4.69) is 6.92 Å². The highest BCUT2D eigenvalue weighted by molar-refractivity contribution is 6.42. The number of rotatable bonds is 3.